The molecule has 136 valence electrons. The van der Waals surface area contributed by atoms with Crippen LogP contribution in [0, 0.1) is 0 Å². The molecule has 26 heavy (non-hydrogen) atoms. The summed E-state index contributed by atoms with van der Waals surface area (Å²) >= 11 is 3.58. The predicted molar refractivity (Wildman–Crippen MR) is 110 cm³/mol. The topological polar surface area (TPSA) is 31.5 Å². The van der Waals surface area contributed by atoms with Crippen LogP contribution in [0.3, 0.4) is 0 Å². The number of rotatable bonds is 5. The lowest BCUT2D eigenvalue weighted by molar-refractivity contribution is 0.122. The van der Waals surface area contributed by atoms with Crippen molar-refractivity contribution in [1.29, 1.82) is 0 Å². The van der Waals surface area contributed by atoms with Gasteiger partial charge in [-0.25, -0.2) is 0 Å². The summed E-state index contributed by atoms with van der Waals surface area (Å²) in [5.41, 5.74) is 3.95. The minimum Gasteiger partial charge on any atom is -0.496 e. The molecule has 1 aliphatic rings. The van der Waals surface area contributed by atoms with Gasteiger partial charge in [-0.1, -0.05) is 24.3 Å². The number of methoxy groups -OCH3 is 1. The lowest BCUT2D eigenvalue weighted by Gasteiger charge is -2.34. The highest BCUT2D eigenvalue weighted by atomic mass is 79.9. The molecule has 0 unspecified atom stereocenters. The molecular weight excluding hydrogens is 390 g/mol. The third-order valence-corrected chi connectivity index (χ3v) is 5.78. The summed E-state index contributed by atoms with van der Waals surface area (Å²) in [5, 5.41) is 1.35. The Balaban J connectivity index is 1.33. The van der Waals surface area contributed by atoms with Gasteiger partial charge in [0.15, 0.2) is 0 Å². The maximum Gasteiger partial charge on any atom is 0.133 e. The lowest BCUT2D eigenvalue weighted by atomic mass is 10.1. The molecule has 0 spiro atoms. The van der Waals surface area contributed by atoms with Crippen LogP contribution in [-0.2, 0) is 13.1 Å². The Labute approximate surface area is 162 Å². The van der Waals surface area contributed by atoms with Gasteiger partial charge in [0.25, 0.3) is 0 Å². The van der Waals surface area contributed by atoms with Crippen molar-refractivity contribution in [3.63, 3.8) is 0 Å². The van der Waals surface area contributed by atoms with Gasteiger partial charge in [-0.15, -0.1) is 0 Å². The number of nitrogens with zero attached hydrogens (tertiary/aromatic N) is 2. The summed E-state index contributed by atoms with van der Waals surface area (Å²) < 4.78 is 6.34. The van der Waals surface area contributed by atoms with E-state index in [1.54, 1.807) is 7.11 Å². The van der Waals surface area contributed by atoms with Crippen LogP contribution in [-0.4, -0.2) is 48.1 Å². The minimum absolute atomic E-state index is 0.886. The van der Waals surface area contributed by atoms with Crippen LogP contribution < -0.4 is 4.74 Å². The van der Waals surface area contributed by atoms with Gasteiger partial charge in [0.1, 0.15) is 5.75 Å². The lowest BCUT2D eigenvalue weighted by Crippen LogP contribution is -2.45. The van der Waals surface area contributed by atoms with Crippen LogP contribution in [0.25, 0.3) is 10.9 Å². The van der Waals surface area contributed by atoms with E-state index in [1.807, 2.05) is 6.07 Å². The number of H-pyrrole nitrogens is 1. The van der Waals surface area contributed by atoms with Gasteiger partial charge >= 0.3 is 0 Å². The van der Waals surface area contributed by atoms with Gasteiger partial charge in [0.2, 0.25) is 0 Å². The second-order valence-electron chi connectivity index (χ2n) is 6.88. The monoisotopic (exact) mass is 413 g/mol. The van der Waals surface area contributed by atoms with E-state index >= 15 is 0 Å². The molecule has 0 amide bonds. The molecule has 1 fully saturated rings. The van der Waals surface area contributed by atoms with Gasteiger partial charge in [0, 0.05) is 56.4 Å². The number of halogens is 1. The fourth-order valence-electron chi connectivity index (χ4n) is 3.68. The Kier molecular flexibility index (Phi) is 5.29. The molecule has 1 N–H and O–H groups in total. The van der Waals surface area contributed by atoms with Gasteiger partial charge < -0.3 is 9.72 Å². The fraction of sp³-hybridized carbons (Fsp3) is 0.333. The van der Waals surface area contributed by atoms with Crippen molar-refractivity contribution >= 4 is 26.8 Å². The maximum atomic E-state index is 5.31. The number of para-hydroxylation sites is 1. The average Bonchev–Trinajstić information content (AvgIpc) is 3.07. The van der Waals surface area contributed by atoms with Crippen molar-refractivity contribution in [3.05, 3.63) is 64.3 Å². The quantitative estimate of drug-likeness (QED) is 0.677. The Morgan fingerprint density at radius 3 is 2.46 bits per heavy atom. The molecule has 3 aromatic rings. The number of hydrogen-bond donors (Lipinski definition) is 1. The van der Waals surface area contributed by atoms with E-state index in [0.717, 1.165) is 49.5 Å². The standard InChI is InChI=1S/C21H24BrN3O/c1-26-21-7-6-16(12-19(21)22)14-24-8-10-25(11-9-24)15-17-13-23-20-5-3-2-4-18(17)20/h2-7,12-13,23H,8-11,14-15H2,1H3. The highest BCUT2D eigenvalue weighted by Gasteiger charge is 2.18. The van der Waals surface area contributed by atoms with Crippen molar-refractivity contribution in [2.75, 3.05) is 33.3 Å². The molecule has 2 heterocycles. The molecular formula is C21H24BrN3O. The van der Waals surface area contributed by atoms with Crippen LogP contribution in [0.1, 0.15) is 11.1 Å². The molecule has 0 radical (unpaired) electrons. The van der Waals surface area contributed by atoms with Crippen molar-refractivity contribution in [1.82, 2.24) is 14.8 Å². The molecule has 4 rings (SSSR count). The van der Waals surface area contributed by atoms with Gasteiger partial charge in [-0.3, -0.25) is 9.80 Å². The van der Waals surface area contributed by atoms with Gasteiger partial charge in [-0.2, -0.15) is 0 Å². The van der Waals surface area contributed by atoms with E-state index in [2.05, 4.69) is 73.3 Å². The Morgan fingerprint density at radius 2 is 1.73 bits per heavy atom. The van der Waals surface area contributed by atoms with Gasteiger partial charge in [-0.05, 0) is 45.3 Å². The van der Waals surface area contributed by atoms with Crippen molar-refractivity contribution in [2.24, 2.45) is 0 Å². The maximum absolute atomic E-state index is 5.31. The summed E-state index contributed by atoms with van der Waals surface area (Å²) in [6, 6.07) is 14.9. The summed E-state index contributed by atoms with van der Waals surface area (Å²) in [5.74, 6) is 0.886. The number of aromatic amines is 1. The first-order valence-electron chi connectivity index (χ1n) is 9.05. The van der Waals surface area contributed by atoms with Crippen molar-refractivity contribution in [3.8, 4) is 5.75 Å². The number of fused-ring (bicyclic) bond motifs is 1. The van der Waals surface area contributed by atoms with Crippen LogP contribution in [0.2, 0.25) is 0 Å². The Bertz CT molecular complexity index is 884. The zero-order valence-corrected chi connectivity index (χ0v) is 16.6. The summed E-state index contributed by atoms with van der Waals surface area (Å²) in [7, 11) is 1.70. The predicted octanol–water partition coefficient (Wildman–Crippen LogP) is 4.26. The highest BCUT2D eigenvalue weighted by Crippen LogP contribution is 2.26. The van der Waals surface area contributed by atoms with Crippen LogP contribution in [0.5, 0.6) is 5.75 Å². The number of ether oxygens (including phenoxy) is 1. The first-order chi connectivity index (χ1) is 12.7. The summed E-state index contributed by atoms with van der Waals surface area (Å²) in [6.45, 7) is 6.43. The molecule has 1 aliphatic heterocycles. The van der Waals surface area contributed by atoms with Crippen molar-refractivity contribution in [2.45, 2.75) is 13.1 Å². The molecule has 1 saturated heterocycles. The molecule has 1 aromatic heterocycles. The second kappa shape index (κ2) is 7.82. The van der Waals surface area contributed by atoms with E-state index in [9.17, 15) is 0 Å². The molecule has 4 nitrogen and oxygen atoms in total. The van der Waals surface area contributed by atoms with Crippen molar-refractivity contribution < 1.29 is 4.74 Å². The number of piperazine rings is 1. The third-order valence-electron chi connectivity index (χ3n) is 5.16. The third kappa shape index (κ3) is 3.80. The average molecular weight is 414 g/mol. The number of hydrogen-bond acceptors (Lipinski definition) is 3. The Hall–Kier alpha value is -1.82. The zero-order valence-electron chi connectivity index (χ0n) is 15.0. The van der Waals surface area contributed by atoms with E-state index in [-0.39, 0.29) is 0 Å². The number of nitrogens with one attached hydrogen (secondary N) is 1. The molecule has 0 aliphatic carbocycles. The first kappa shape index (κ1) is 17.6. The largest absolute Gasteiger partial charge is 0.496 e. The van der Waals surface area contributed by atoms with E-state index < -0.39 is 0 Å². The van der Waals surface area contributed by atoms with E-state index in [1.165, 1.54) is 22.0 Å². The fourth-order valence-corrected chi connectivity index (χ4v) is 4.26. The summed E-state index contributed by atoms with van der Waals surface area (Å²) in [6.07, 6.45) is 2.16. The van der Waals surface area contributed by atoms with Crippen LogP contribution in [0.4, 0.5) is 0 Å². The normalized spacial score (nSPS) is 16.2. The van der Waals surface area contributed by atoms with Crippen LogP contribution in [0.15, 0.2) is 53.1 Å². The zero-order chi connectivity index (χ0) is 17.9. The SMILES string of the molecule is COc1ccc(CN2CCN(Cc3c[nH]c4ccccc34)CC2)cc1Br. The Morgan fingerprint density at radius 1 is 1.00 bits per heavy atom. The summed E-state index contributed by atoms with van der Waals surface area (Å²) in [4.78, 5) is 8.46. The van der Waals surface area contributed by atoms with E-state index in [4.69, 9.17) is 4.74 Å². The second-order valence-corrected chi connectivity index (χ2v) is 7.74. The molecule has 0 saturated carbocycles. The molecule has 0 atom stereocenters. The van der Waals surface area contributed by atoms with E-state index in [0.29, 0.717) is 0 Å². The minimum atomic E-state index is 0.886. The number of aromatic nitrogens is 1. The molecule has 5 heteroatoms. The smallest absolute Gasteiger partial charge is 0.133 e. The van der Waals surface area contributed by atoms with Crippen LogP contribution >= 0.6 is 15.9 Å². The number of benzene rings is 2. The molecule has 2 aromatic carbocycles. The van der Waals surface area contributed by atoms with Gasteiger partial charge in [0.05, 0.1) is 11.6 Å². The molecule has 0 bridgehead atoms. The highest BCUT2D eigenvalue weighted by molar-refractivity contribution is 9.10. The first-order valence-corrected chi connectivity index (χ1v) is 9.84.